The number of nitrogens with zero attached hydrogens (tertiary/aromatic N) is 2. The Morgan fingerprint density at radius 2 is 1.71 bits per heavy atom. The fraction of sp³-hybridized carbons (Fsp3) is 0.217. The molecule has 0 radical (unpaired) electrons. The molecule has 1 fully saturated rings. The maximum atomic E-state index is 13.1. The Morgan fingerprint density at radius 3 is 2.50 bits per heavy atom. The van der Waals surface area contributed by atoms with E-state index in [1.807, 2.05) is 37.4 Å². The number of hydrogen-bond acceptors (Lipinski definition) is 3. The van der Waals surface area contributed by atoms with Crippen LogP contribution >= 0.6 is 11.8 Å². The maximum Gasteiger partial charge on any atom is 0.255 e. The Hall–Kier alpha value is -2.79. The number of hydrogen-bond donors (Lipinski definition) is 0. The van der Waals surface area contributed by atoms with Gasteiger partial charge in [-0.1, -0.05) is 54.6 Å². The summed E-state index contributed by atoms with van der Waals surface area (Å²) < 4.78 is 0. The lowest BCUT2D eigenvalue weighted by atomic mass is 10.1. The van der Waals surface area contributed by atoms with E-state index in [-0.39, 0.29) is 11.8 Å². The standard InChI is InChI=1S/C23H22N2O2S/c1-24(14-17-11-12-18-7-5-6-10-20(18)13-17)23(27)21-15-28-16-25(21)22(26)19-8-3-2-4-9-19/h2-13,21H,14-16H2,1H3/t21-/m0/s1. The lowest BCUT2D eigenvalue weighted by Gasteiger charge is -2.27. The Balaban J connectivity index is 1.48. The Morgan fingerprint density at radius 1 is 1.00 bits per heavy atom. The summed E-state index contributed by atoms with van der Waals surface area (Å²) in [6.07, 6.45) is 0. The molecule has 1 heterocycles. The second-order valence-electron chi connectivity index (χ2n) is 7.03. The minimum atomic E-state index is -0.414. The first-order chi connectivity index (χ1) is 13.6. The topological polar surface area (TPSA) is 40.6 Å². The van der Waals surface area contributed by atoms with Crippen LogP contribution in [0.4, 0.5) is 0 Å². The summed E-state index contributed by atoms with van der Waals surface area (Å²) in [5, 5.41) is 2.35. The average molecular weight is 391 g/mol. The molecule has 2 amide bonds. The molecule has 142 valence electrons. The van der Waals surface area contributed by atoms with Crippen molar-refractivity contribution >= 4 is 34.3 Å². The quantitative estimate of drug-likeness (QED) is 0.676. The first kappa shape index (κ1) is 18.6. The molecule has 1 saturated heterocycles. The van der Waals surface area contributed by atoms with Gasteiger partial charge in [0.1, 0.15) is 6.04 Å². The molecule has 0 aliphatic carbocycles. The van der Waals surface area contributed by atoms with E-state index in [0.29, 0.717) is 23.7 Å². The molecule has 0 N–H and O–H groups in total. The van der Waals surface area contributed by atoms with Crippen molar-refractivity contribution in [1.29, 1.82) is 0 Å². The first-order valence-corrected chi connectivity index (χ1v) is 10.5. The zero-order valence-electron chi connectivity index (χ0n) is 15.7. The van der Waals surface area contributed by atoms with E-state index in [0.717, 1.165) is 10.9 Å². The molecule has 28 heavy (non-hydrogen) atoms. The Kier molecular flexibility index (Phi) is 5.35. The number of carbonyl (C=O) groups is 2. The third-order valence-corrected chi connectivity index (χ3v) is 6.07. The minimum absolute atomic E-state index is 0.0116. The average Bonchev–Trinajstić information content (AvgIpc) is 3.23. The van der Waals surface area contributed by atoms with Crippen LogP contribution in [0.1, 0.15) is 15.9 Å². The normalized spacial score (nSPS) is 16.3. The number of fused-ring (bicyclic) bond motifs is 1. The summed E-state index contributed by atoms with van der Waals surface area (Å²) in [4.78, 5) is 29.3. The fourth-order valence-electron chi connectivity index (χ4n) is 3.54. The molecule has 1 aliphatic heterocycles. The van der Waals surface area contributed by atoms with E-state index in [9.17, 15) is 9.59 Å². The predicted octanol–water partition coefficient (Wildman–Crippen LogP) is 4.01. The maximum absolute atomic E-state index is 13.1. The van der Waals surface area contributed by atoms with Gasteiger partial charge in [-0.3, -0.25) is 9.59 Å². The first-order valence-electron chi connectivity index (χ1n) is 9.30. The van der Waals surface area contributed by atoms with Crippen LogP contribution < -0.4 is 0 Å². The molecule has 0 aromatic heterocycles. The van der Waals surface area contributed by atoms with Crippen LogP contribution in [-0.4, -0.2) is 46.3 Å². The van der Waals surface area contributed by atoms with Gasteiger partial charge in [0, 0.05) is 24.9 Å². The van der Waals surface area contributed by atoms with Gasteiger partial charge in [0.2, 0.25) is 5.91 Å². The number of benzene rings is 3. The summed E-state index contributed by atoms with van der Waals surface area (Å²) in [6, 6.07) is 23.2. The van der Waals surface area contributed by atoms with Gasteiger partial charge in [-0.05, 0) is 34.5 Å². The van der Waals surface area contributed by atoms with Crippen molar-refractivity contribution in [2.24, 2.45) is 0 Å². The van der Waals surface area contributed by atoms with Crippen LogP contribution in [0.3, 0.4) is 0 Å². The number of rotatable bonds is 4. The zero-order valence-corrected chi connectivity index (χ0v) is 16.6. The molecule has 0 saturated carbocycles. The smallest absolute Gasteiger partial charge is 0.255 e. The van der Waals surface area contributed by atoms with Gasteiger partial charge < -0.3 is 9.80 Å². The summed E-state index contributed by atoms with van der Waals surface area (Å²) >= 11 is 1.62. The second-order valence-corrected chi connectivity index (χ2v) is 8.03. The molecule has 0 bridgehead atoms. The number of thioether (sulfide) groups is 1. The number of likely N-dealkylation sites (N-methyl/N-ethyl adjacent to an activating group) is 1. The minimum Gasteiger partial charge on any atom is -0.340 e. The highest BCUT2D eigenvalue weighted by molar-refractivity contribution is 7.99. The highest BCUT2D eigenvalue weighted by Gasteiger charge is 2.36. The molecule has 4 nitrogen and oxygen atoms in total. The van der Waals surface area contributed by atoms with Crippen LogP contribution in [0, 0.1) is 0 Å². The van der Waals surface area contributed by atoms with Crippen molar-refractivity contribution in [3.8, 4) is 0 Å². The van der Waals surface area contributed by atoms with Crippen molar-refractivity contribution in [3.63, 3.8) is 0 Å². The second kappa shape index (κ2) is 8.07. The summed E-state index contributed by atoms with van der Waals surface area (Å²) in [7, 11) is 1.81. The van der Waals surface area contributed by atoms with Crippen molar-refractivity contribution in [2.75, 3.05) is 18.7 Å². The van der Waals surface area contributed by atoms with Gasteiger partial charge in [-0.15, -0.1) is 11.8 Å². The molecule has 1 atom stereocenters. The summed E-state index contributed by atoms with van der Waals surface area (Å²) in [6.45, 7) is 0.526. The number of carbonyl (C=O) groups excluding carboxylic acids is 2. The van der Waals surface area contributed by atoms with Crippen molar-refractivity contribution in [3.05, 3.63) is 83.9 Å². The van der Waals surface area contributed by atoms with Crippen LogP contribution in [0.25, 0.3) is 10.8 Å². The molecule has 0 unspecified atom stereocenters. The van der Waals surface area contributed by atoms with Gasteiger partial charge in [-0.2, -0.15) is 0 Å². The Bertz CT molecular complexity index is 1010. The molecular weight excluding hydrogens is 368 g/mol. The van der Waals surface area contributed by atoms with E-state index in [1.165, 1.54) is 5.39 Å². The van der Waals surface area contributed by atoms with Crippen LogP contribution in [-0.2, 0) is 11.3 Å². The van der Waals surface area contributed by atoms with Crippen LogP contribution in [0.2, 0.25) is 0 Å². The summed E-state index contributed by atoms with van der Waals surface area (Å²) in [5.74, 6) is 1.10. The monoisotopic (exact) mass is 390 g/mol. The third-order valence-electron chi connectivity index (χ3n) is 5.06. The van der Waals surface area contributed by atoms with E-state index < -0.39 is 6.04 Å². The van der Waals surface area contributed by atoms with Gasteiger partial charge in [0.15, 0.2) is 0 Å². The van der Waals surface area contributed by atoms with Gasteiger partial charge in [0.25, 0.3) is 5.91 Å². The highest BCUT2D eigenvalue weighted by atomic mass is 32.2. The van der Waals surface area contributed by atoms with Crippen LogP contribution in [0.5, 0.6) is 0 Å². The SMILES string of the molecule is CN(Cc1ccc2ccccc2c1)C(=O)[C@@H]1CSCN1C(=O)c1ccccc1. The van der Waals surface area contributed by atoms with E-state index >= 15 is 0 Å². The molecule has 3 aromatic rings. The van der Waals surface area contributed by atoms with E-state index in [2.05, 4.69) is 30.3 Å². The van der Waals surface area contributed by atoms with Crippen molar-refractivity contribution < 1.29 is 9.59 Å². The lowest BCUT2D eigenvalue weighted by Crippen LogP contribution is -2.47. The van der Waals surface area contributed by atoms with Gasteiger partial charge >= 0.3 is 0 Å². The zero-order chi connectivity index (χ0) is 19.5. The summed E-state index contributed by atoms with van der Waals surface area (Å²) in [5.41, 5.74) is 1.71. The molecular formula is C23H22N2O2S. The largest absolute Gasteiger partial charge is 0.340 e. The third kappa shape index (κ3) is 3.76. The van der Waals surface area contributed by atoms with Gasteiger partial charge in [0.05, 0.1) is 5.88 Å². The van der Waals surface area contributed by atoms with Crippen molar-refractivity contribution in [1.82, 2.24) is 9.80 Å². The fourth-order valence-corrected chi connectivity index (χ4v) is 4.68. The number of amides is 2. The molecule has 0 spiro atoms. The lowest BCUT2D eigenvalue weighted by molar-refractivity contribution is -0.134. The predicted molar refractivity (Wildman–Crippen MR) is 114 cm³/mol. The molecule has 1 aliphatic rings. The highest BCUT2D eigenvalue weighted by Crippen LogP contribution is 2.25. The molecule has 4 rings (SSSR count). The van der Waals surface area contributed by atoms with Crippen molar-refractivity contribution in [2.45, 2.75) is 12.6 Å². The van der Waals surface area contributed by atoms with Crippen LogP contribution in [0.15, 0.2) is 72.8 Å². The Labute approximate surface area is 169 Å². The molecule has 5 heteroatoms. The van der Waals surface area contributed by atoms with E-state index in [4.69, 9.17) is 0 Å². The molecule has 3 aromatic carbocycles. The van der Waals surface area contributed by atoms with Gasteiger partial charge in [-0.25, -0.2) is 0 Å². The van der Waals surface area contributed by atoms with E-state index in [1.54, 1.807) is 33.7 Å².